The maximum atomic E-state index is 13.8. The Bertz CT molecular complexity index is 1240. The molecule has 0 spiro atoms. The first-order valence-electron chi connectivity index (χ1n) is 12.5. The van der Waals surface area contributed by atoms with E-state index in [1.807, 2.05) is 13.8 Å². The third-order valence-electron chi connectivity index (χ3n) is 7.80. The zero-order valence-corrected chi connectivity index (χ0v) is 20.5. The fourth-order valence-corrected chi connectivity index (χ4v) is 5.60. The zero-order chi connectivity index (χ0) is 25.6. The second-order valence-corrected chi connectivity index (χ2v) is 9.81. The summed E-state index contributed by atoms with van der Waals surface area (Å²) in [6, 6.07) is 8.26. The lowest BCUT2D eigenvalue weighted by Gasteiger charge is -2.41. The Morgan fingerprint density at radius 2 is 2.03 bits per heavy atom. The number of benzene rings is 2. The number of aliphatic imine (C=N–C) groups is 1. The molecular formula is C27H31FN4O4. The van der Waals surface area contributed by atoms with Crippen molar-refractivity contribution in [3.8, 4) is 5.75 Å². The maximum absolute atomic E-state index is 13.8. The molecule has 0 saturated carbocycles. The standard InChI is InChI=1S/C27H31FN4O4/c1-3-27(4-2)14-23(34)32(26(29)31-27)20-9-10-36-22-8-6-16(11-19(20)22)25(35)30-24-18-13-17(28)7-5-15(18)12-21(24)33/h5-8,11,13,20-21,24,33H,3-4,9-10,12,14H2,1-2H3,(H2,29,31)(H,30,35)/t20-,21-,24+/m1/s1. The molecule has 4 N–H and O–H groups in total. The van der Waals surface area contributed by atoms with Gasteiger partial charge in [0.25, 0.3) is 5.91 Å². The fourth-order valence-electron chi connectivity index (χ4n) is 5.60. The minimum Gasteiger partial charge on any atom is -0.493 e. The molecular weight excluding hydrogens is 463 g/mol. The minimum absolute atomic E-state index is 0.0911. The van der Waals surface area contributed by atoms with E-state index >= 15 is 0 Å². The fraction of sp³-hybridized carbons (Fsp3) is 0.444. The van der Waals surface area contributed by atoms with Gasteiger partial charge in [-0.2, -0.15) is 0 Å². The van der Waals surface area contributed by atoms with Crippen LogP contribution < -0.4 is 15.8 Å². The number of amides is 2. The molecule has 0 aromatic heterocycles. The molecule has 2 aromatic carbocycles. The number of nitrogens with one attached hydrogen (secondary N) is 1. The van der Waals surface area contributed by atoms with E-state index in [1.54, 1.807) is 24.3 Å². The number of nitrogens with two attached hydrogens (primary N) is 1. The van der Waals surface area contributed by atoms with Crippen molar-refractivity contribution in [1.82, 2.24) is 10.2 Å². The van der Waals surface area contributed by atoms with Gasteiger partial charge in [0.2, 0.25) is 5.91 Å². The van der Waals surface area contributed by atoms with Crippen LogP contribution in [0.3, 0.4) is 0 Å². The summed E-state index contributed by atoms with van der Waals surface area (Å²) in [5.74, 6) is -0.149. The van der Waals surface area contributed by atoms with Gasteiger partial charge in [-0.3, -0.25) is 14.5 Å². The Morgan fingerprint density at radius 3 is 2.75 bits per heavy atom. The normalized spacial score (nSPS) is 24.4. The molecule has 2 amide bonds. The number of hydrogen-bond acceptors (Lipinski definition) is 6. The van der Waals surface area contributed by atoms with Crippen LogP contribution >= 0.6 is 0 Å². The predicted molar refractivity (Wildman–Crippen MR) is 132 cm³/mol. The molecule has 0 bridgehead atoms. The smallest absolute Gasteiger partial charge is 0.251 e. The van der Waals surface area contributed by atoms with E-state index in [-0.39, 0.29) is 18.3 Å². The molecule has 190 valence electrons. The van der Waals surface area contributed by atoms with Crippen LogP contribution in [0.5, 0.6) is 5.75 Å². The SMILES string of the molecule is CCC1(CC)CC(=O)N([C@@H]2CCOc3ccc(C(=O)N[C@H]4c5cc(F)ccc5C[C@H]4O)cc32)C(N)=N1. The second-order valence-electron chi connectivity index (χ2n) is 9.81. The first kappa shape index (κ1) is 24.2. The number of aliphatic hydroxyl groups excluding tert-OH is 1. The lowest BCUT2D eigenvalue weighted by Crippen LogP contribution is -2.53. The number of halogens is 1. The lowest BCUT2D eigenvalue weighted by molar-refractivity contribution is -0.132. The van der Waals surface area contributed by atoms with Crippen molar-refractivity contribution in [3.63, 3.8) is 0 Å². The van der Waals surface area contributed by atoms with Gasteiger partial charge in [-0.05, 0) is 54.3 Å². The van der Waals surface area contributed by atoms with Gasteiger partial charge in [0.05, 0.1) is 36.8 Å². The maximum Gasteiger partial charge on any atom is 0.251 e. The van der Waals surface area contributed by atoms with Crippen molar-refractivity contribution in [2.75, 3.05) is 6.61 Å². The van der Waals surface area contributed by atoms with Crippen LogP contribution in [-0.4, -0.2) is 46.0 Å². The predicted octanol–water partition coefficient (Wildman–Crippen LogP) is 3.14. The molecule has 36 heavy (non-hydrogen) atoms. The summed E-state index contributed by atoms with van der Waals surface area (Å²) in [6.45, 7) is 4.42. The largest absolute Gasteiger partial charge is 0.493 e. The highest BCUT2D eigenvalue weighted by Crippen LogP contribution is 2.40. The molecule has 2 heterocycles. The Morgan fingerprint density at radius 1 is 1.25 bits per heavy atom. The number of aliphatic hydroxyl groups is 1. The van der Waals surface area contributed by atoms with Crippen molar-refractivity contribution >= 4 is 17.8 Å². The molecule has 3 atom stereocenters. The van der Waals surface area contributed by atoms with E-state index in [0.717, 1.165) is 18.4 Å². The van der Waals surface area contributed by atoms with Crippen molar-refractivity contribution in [3.05, 3.63) is 64.5 Å². The third kappa shape index (κ3) is 4.11. The zero-order valence-electron chi connectivity index (χ0n) is 20.5. The molecule has 3 aliphatic rings. The molecule has 0 fully saturated rings. The van der Waals surface area contributed by atoms with Crippen molar-refractivity contribution in [1.29, 1.82) is 0 Å². The lowest BCUT2D eigenvalue weighted by atomic mass is 9.87. The van der Waals surface area contributed by atoms with Gasteiger partial charge in [-0.1, -0.05) is 19.9 Å². The summed E-state index contributed by atoms with van der Waals surface area (Å²) in [7, 11) is 0. The van der Waals surface area contributed by atoms with Crippen LogP contribution in [0, 0.1) is 5.82 Å². The summed E-state index contributed by atoms with van der Waals surface area (Å²) in [4.78, 5) is 32.7. The van der Waals surface area contributed by atoms with Gasteiger partial charge in [0, 0.05) is 24.0 Å². The van der Waals surface area contributed by atoms with Gasteiger partial charge >= 0.3 is 0 Å². The monoisotopic (exact) mass is 494 g/mol. The van der Waals surface area contributed by atoms with Crippen LogP contribution in [-0.2, 0) is 11.2 Å². The number of carbonyl (C=O) groups excluding carboxylic acids is 2. The van der Waals surface area contributed by atoms with Gasteiger partial charge in [-0.25, -0.2) is 9.38 Å². The number of ether oxygens (including phenoxy) is 1. The van der Waals surface area contributed by atoms with Crippen LogP contribution in [0.15, 0.2) is 41.4 Å². The number of rotatable bonds is 5. The summed E-state index contributed by atoms with van der Waals surface area (Å²) >= 11 is 0. The van der Waals surface area contributed by atoms with E-state index in [4.69, 9.17) is 15.5 Å². The van der Waals surface area contributed by atoms with Crippen LogP contribution in [0.1, 0.15) is 78.7 Å². The molecule has 0 radical (unpaired) electrons. The molecule has 0 saturated heterocycles. The second kappa shape index (κ2) is 9.20. The summed E-state index contributed by atoms with van der Waals surface area (Å²) in [5.41, 5.74) is 8.27. The third-order valence-corrected chi connectivity index (χ3v) is 7.80. The van der Waals surface area contributed by atoms with E-state index in [9.17, 15) is 19.1 Å². The number of nitrogens with zero attached hydrogens (tertiary/aromatic N) is 2. The summed E-state index contributed by atoms with van der Waals surface area (Å²) < 4.78 is 19.6. The molecule has 5 rings (SSSR count). The summed E-state index contributed by atoms with van der Waals surface area (Å²) in [6.07, 6.45) is 1.73. The highest BCUT2D eigenvalue weighted by atomic mass is 19.1. The van der Waals surface area contributed by atoms with Gasteiger partial charge in [-0.15, -0.1) is 0 Å². The molecule has 1 aliphatic carbocycles. The van der Waals surface area contributed by atoms with Gasteiger partial charge < -0.3 is 20.9 Å². The van der Waals surface area contributed by atoms with Gasteiger partial charge in [0.1, 0.15) is 11.6 Å². The van der Waals surface area contributed by atoms with E-state index in [0.29, 0.717) is 41.9 Å². The van der Waals surface area contributed by atoms with E-state index < -0.39 is 35.5 Å². The highest BCUT2D eigenvalue weighted by Gasteiger charge is 2.42. The Hall–Kier alpha value is -3.46. The first-order valence-corrected chi connectivity index (χ1v) is 12.5. The number of guanidine groups is 1. The average Bonchev–Trinajstić information content (AvgIpc) is 3.17. The number of fused-ring (bicyclic) bond motifs is 2. The topological polar surface area (TPSA) is 117 Å². The minimum atomic E-state index is -0.848. The van der Waals surface area contributed by atoms with Crippen LogP contribution in [0.2, 0.25) is 0 Å². The van der Waals surface area contributed by atoms with Crippen molar-refractivity contribution < 1.29 is 23.8 Å². The van der Waals surface area contributed by atoms with Crippen molar-refractivity contribution in [2.45, 2.75) is 69.7 Å². The number of carbonyl (C=O) groups is 2. The van der Waals surface area contributed by atoms with E-state index in [2.05, 4.69) is 5.32 Å². The summed E-state index contributed by atoms with van der Waals surface area (Å²) in [5, 5.41) is 13.4. The highest BCUT2D eigenvalue weighted by molar-refractivity contribution is 6.00. The Balaban J connectivity index is 1.43. The number of hydrogen-bond donors (Lipinski definition) is 3. The van der Waals surface area contributed by atoms with Gasteiger partial charge in [0.15, 0.2) is 5.96 Å². The quantitative estimate of drug-likeness (QED) is 0.590. The Labute approximate surface area is 209 Å². The molecule has 2 aliphatic heterocycles. The molecule has 0 unspecified atom stereocenters. The van der Waals surface area contributed by atoms with Crippen LogP contribution in [0.25, 0.3) is 0 Å². The average molecular weight is 495 g/mol. The Kier molecular flexibility index (Phi) is 6.20. The molecule has 2 aromatic rings. The first-order chi connectivity index (χ1) is 17.2. The molecule has 8 nitrogen and oxygen atoms in total. The van der Waals surface area contributed by atoms with Crippen LogP contribution in [0.4, 0.5) is 4.39 Å². The van der Waals surface area contributed by atoms with E-state index in [1.165, 1.54) is 17.0 Å². The van der Waals surface area contributed by atoms with Crippen molar-refractivity contribution in [2.24, 2.45) is 10.7 Å². The molecule has 9 heteroatoms.